The van der Waals surface area contributed by atoms with E-state index in [4.69, 9.17) is 14.4 Å². The molecule has 7 rings (SSSR count). The summed E-state index contributed by atoms with van der Waals surface area (Å²) >= 11 is 0. The van der Waals surface area contributed by atoms with Crippen molar-refractivity contribution in [1.29, 1.82) is 0 Å². The Morgan fingerprint density at radius 3 is 2.18 bits per heavy atom. The summed E-state index contributed by atoms with van der Waals surface area (Å²) < 4.78 is 6.22. The Bertz CT molecular complexity index is 2250. The van der Waals surface area contributed by atoms with Gasteiger partial charge in [0.1, 0.15) is 0 Å². The number of rotatable bonds is 6. The van der Waals surface area contributed by atoms with Gasteiger partial charge in [-0.15, -0.1) is 54.1 Å². The number of hydrogen-bond acceptors (Lipinski definition) is 4. The number of aromatic nitrogens is 3. The molecule has 0 bridgehead atoms. The maximum absolute atomic E-state index is 6.22. The van der Waals surface area contributed by atoms with Gasteiger partial charge in [0.25, 0.3) is 0 Å². The third-order valence-electron chi connectivity index (χ3n) is 8.86. The van der Waals surface area contributed by atoms with Gasteiger partial charge < -0.3 is 14.4 Å². The fourth-order valence-corrected chi connectivity index (χ4v) is 7.90. The average molecular weight is 866 g/mol. The Balaban J connectivity index is 0.000000205. The first-order valence-corrected chi connectivity index (χ1v) is 21.0. The van der Waals surface area contributed by atoms with Crippen LogP contribution in [0.25, 0.3) is 55.7 Å². The van der Waals surface area contributed by atoms with E-state index in [9.17, 15) is 0 Å². The molecule has 0 saturated carbocycles. The minimum absolute atomic E-state index is 0. The van der Waals surface area contributed by atoms with Gasteiger partial charge in [0.2, 0.25) is 5.71 Å². The number of furan rings is 1. The third kappa shape index (κ3) is 8.81. The maximum atomic E-state index is 6.22. The van der Waals surface area contributed by atoms with Gasteiger partial charge in [0.05, 0.1) is 13.7 Å². The van der Waals surface area contributed by atoms with Gasteiger partial charge in [-0.25, -0.2) is 4.98 Å². The van der Waals surface area contributed by atoms with E-state index < -0.39 is 8.07 Å². The molecule has 3 aromatic carbocycles. The first-order chi connectivity index (χ1) is 23.8. The van der Waals surface area contributed by atoms with Crippen LogP contribution in [0.5, 0.6) is 0 Å². The number of pyridine rings is 3. The van der Waals surface area contributed by atoms with Crippen molar-refractivity contribution in [3.05, 3.63) is 132 Å². The van der Waals surface area contributed by atoms with Crippen LogP contribution in [-0.4, -0.2) is 23.0 Å². The van der Waals surface area contributed by atoms with E-state index in [2.05, 4.69) is 139 Å². The predicted octanol–water partition coefficient (Wildman–Crippen LogP) is 11.6. The zero-order valence-electron chi connectivity index (χ0n) is 31.2. The molecule has 7 aromatic rings. The molecule has 0 aliphatic rings. The van der Waals surface area contributed by atoms with Crippen LogP contribution < -0.4 is 5.19 Å². The van der Waals surface area contributed by atoms with Crippen molar-refractivity contribution >= 4 is 35.3 Å². The number of benzene rings is 3. The first kappa shape index (κ1) is 38.0. The number of hydrogen-bond donors (Lipinski definition) is 0. The largest absolute Gasteiger partial charge is 0.486 e. The Hall–Kier alpha value is -4.22. The summed E-state index contributed by atoms with van der Waals surface area (Å²) in [6.07, 6.45) is 5.13. The zero-order valence-corrected chi connectivity index (χ0v) is 34.6. The molecular formula is C45H47IrN3OSi-2. The topological polar surface area (TPSA) is 51.8 Å². The standard InChI is InChI=1S/C26H21N2O.C19H26NSi.Ir/c1-16(2)23-13-12-20-19-10-7-11-21(25(19)29-26(20)28-23)24-14-22(17(3)15-27-24)18-8-5-4-6-9-18;1-19(2,3)13-16-12-17(15-10-8-7-9-11-15)20-14-18(16)21(4,5)6;/h4-10,12-16H,1-3H3;7-10,12,14H,13H2,1-6H3;/q2*-1;. The van der Waals surface area contributed by atoms with Gasteiger partial charge in [0.15, 0.2) is 0 Å². The number of aryl methyl sites for hydroxylation is 1. The van der Waals surface area contributed by atoms with Crippen molar-refractivity contribution in [2.45, 2.75) is 73.5 Å². The van der Waals surface area contributed by atoms with Crippen LogP contribution in [0, 0.1) is 24.5 Å². The van der Waals surface area contributed by atoms with E-state index in [1.54, 1.807) is 0 Å². The fraction of sp³-hybridized carbons (Fsp3) is 0.267. The first-order valence-electron chi connectivity index (χ1n) is 17.5. The summed E-state index contributed by atoms with van der Waals surface area (Å²) in [7, 11) is -1.37. The molecule has 0 fully saturated rings. The second kappa shape index (κ2) is 15.6. The molecule has 0 aliphatic heterocycles. The van der Waals surface area contributed by atoms with Gasteiger partial charge in [-0.05, 0) is 70.1 Å². The van der Waals surface area contributed by atoms with Crippen molar-refractivity contribution in [3.63, 3.8) is 0 Å². The Morgan fingerprint density at radius 1 is 0.784 bits per heavy atom. The van der Waals surface area contributed by atoms with Crippen molar-refractivity contribution < 1.29 is 24.5 Å². The molecule has 263 valence electrons. The minimum atomic E-state index is -1.37. The van der Waals surface area contributed by atoms with Gasteiger partial charge in [0, 0.05) is 43.6 Å². The molecule has 6 heteroatoms. The summed E-state index contributed by atoms with van der Waals surface area (Å²) in [4.78, 5) is 14.1. The van der Waals surface area contributed by atoms with Crippen LogP contribution in [0.1, 0.15) is 57.4 Å². The SMILES string of the molecule is CC(C)(C)Cc1cc(-c2[c-]cccc2)ncc1[Si](C)(C)C.Cc1cnc(-c2[c-]ccc3c2oc2nc(C(C)C)ccc23)cc1-c1ccccc1.[Ir]. The Kier molecular flexibility index (Phi) is 11.6. The molecule has 0 N–H and O–H groups in total. The normalized spacial score (nSPS) is 11.7. The van der Waals surface area contributed by atoms with E-state index >= 15 is 0 Å². The fourth-order valence-electron chi connectivity index (χ4n) is 6.33. The van der Waals surface area contributed by atoms with Crippen LogP contribution in [0.3, 0.4) is 0 Å². The number of nitrogens with zero attached hydrogens (tertiary/aromatic N) is 3. The number of fused-ring (bicyclic) bond motifs is 3. The molecule has 4 aromatic heterocycles. The molecule has 1 radical (unpaired) electrons. The molecule has 0 atom stereocenters. The smallest absolute Gasteiger partial charge is 0.216 e. The Morgan fingerprint density at radius 2 is 1.51 bits per heavy atom. The molecule has 0 saturated heterocycles. The van der Waals surface area contributed by atoms with Crippen LogP contribution in [0.4, 0.5) is 0 Å². The third-order valence-corrected chi connectivity index (χ3v) is 10.9. The minimum Gasteiger partial charge on any atom is -0.486 e. The van der Waals surface area contributed by atoms with Gasteiger partial charge >= 0.3 is 0 Å². The predicted molar refractivity (Wildman–Crippen MR) is 212 cm³/mol. The van der Waals surface area contributed by atoms with Gasteiger partial charge in [-0.2, -0.15) is 0 Å². The molecule has 4 heterocycles. The van der Waals surface area contributed by atoms with Gasteiger partial charge in [-0.3, -0.25) is 0 Å². The zero-order chi connectivity index (χ0) is 35.6. The van der Waals surface area contributed by atoms with E-state index in [1.165, 1.54) is 16.3 Å². The van der Waals surface area contributed by atoms with Crippen LogP contribution in [-0.2, 0) is 26.5 Å². The summed E-state index contributed by atoms with van der Waals surface area (Å²) in [5, 5.41) is 3.55. The monoisotopic (exact) mass is 866 g/mol. The average Bonchev–Trinajstić information content (AvgIpc) is 3.47. The molecular weight excluding hydrogens is 819 g/mol. The van der Waals surface area contributed by atoms with E-state index in [0.717, 1.165) is 62.1 Å². The molecule has 0 aliphatic carbocycles. The molecule has 51 heavy (non-hydrogen) atoms. The summed E-state index contributed by atoms with van der Waals surface area (Å²) in [5.41, 5.74) is 11.5. The maximum Gasteiger partial charge on any atom is 0.216 e. The van der Waals surface area contributed by atoms with Crippen molar-refractivity contribution in [2.24, 2.45) is 5.41 Å². The molecule has 0 unspecified atom stereocenters. The molecule has 0 spiro atoms. The van der Waals surface area contributed by atoms with E-state index in [1.807, 2.05) is 42.6 Å². The summed E-state index contributed by atoms with van der Waals surface area (Å²) in [6.45, 7) is 20.4. The second-order valence-electron chi connectivity index (χ2n) is 15.7. The van der Waals surface area contributed by atoms with E-state index in [0.29, 0.717) is 11.6 Å². The van der Waals surface area contributed by atoms with Crippen molar-refractivity contribution in [3.8, 4) is 33.6 Å². The summed E-state index contributed by atoms with van der Waals surface area (Å²) in [6, 6.07) is 37.6. The van der Waals surface area contributed by atoms with Gasteiger partial charge in [-0.1, -0.05) is 113 Å². The van der Waals surface area contributed by atoms with Crippen molar-refractivity contribution in [2.75, 3.05) is 0 Å². The van der Waals surface area contributed by atoms with Crippen LogP contribution in [0.2, 0.25) is 19.6 Å². The summed E-state index contributed by atoms with van der Waals surface area (Å²) in [5.74, 6) is 0.353. The molecule has 4 nitrogen and oxygen atoms in total. The van der Waals surface area contributed by atoms with Crippen molar-refractivity contribution in [1.82, 2.24) is 15.0 Å². The Labute approximate surface area is 318 Å². The van der Waals surface area contributed by atoms with Crippen LogP contribution >= 0.6 is 0 Å². The second-order valence-corrected chi connectivity index (χ2v) is 20.7. The van der Waals surface area contributed by atoms with Crippen LogP contribution in [0.15, 0.2) is 108 Å². The quantitative estimate of drug-likeness (QED) is 0.123. The molecule has 0 amide bonds. The van der Waals surface area contributed by atoms with E-state index in [-0.39, 0.29) is 25.5 Å².